The summed E-state index contributed by atoms with van der Waals surface area (Å²) in [6.45, 7) is 0.280. The standard InChI is InChI=1S/C22H25N5O3/c1-27(2)20-12-17(25-22(26-20)15-6-5-9-23-13-15)14-24-21(28)11-16-10-18(29-3)7-8-19(16)30-4/h5-10,12-13H,11,14H2,1-4H3,(H,24,28). The van der Waals surface area contributed by atoms with Gasteiger partial charge >= 0.3 is 0 Å². The van der Waals surface area contributed by atoms with Gasteiger partial charge in [0.2, 0.25) is 5.91 Å². The summed E-state index contributed by atoms with van der Waals surface area (Å²) >= 11 is 0. The first-order valence-corrected chi connectivity index (χ1v) is 9.43. The van der Waals surface area contributed by atoms with Gasteiger partial charge in [-0.05, 0) is 30.3 Å². The fourth-order valence-electron chi connectivity index (χ4n) is 2.87. The molecule has 1 amide bonds. The van der Waals surface area contributed by atoms with Gasteiger partial charge in [-0.2, -0.15) is 0 Å². The van der Waals surface area contributed by atoms with Gasteiger partial charge in [0.25, 0.3) is 0 Å². The van der Waals surface area contributed by atoms with Gasteiger partial charge < -0.3 is 19.7 Å². The largest absolute Gasteiger partial charge is 0.497 e. The minimum Gasteiger partial charge on any atom is -0.497 e. The Morgan fingerprint density at radius 1 is 1.10 bits per heavy atom. The number of rotatable bonds is 8. The summed E-state index contributed by atoms with van der Waals surface area (Å²) < 4.78 is 10.6. The van der Waals surface area contributed by atoms with E-state index in [0.717, 1.165) is 16.9 Å². The third-order valence-electron chi connectivity index (χ3n) is 4.45. The van der Waals surface area contributed by atoms with Gasteiger partial charge in [0.05, 0.1) is 32.9 Å². The van der Waals surface area contributed by atoms with E-state index in [9.17, 15) is 4.79 Å². The molecule has 2 heterocycles. The lowest BCUT2D eigenvalue weighted by Gasteiger charge is -2.15. The molecule has 0 aliphatic rings. The maximum atomic E-state index is 12.6. The SMILES string of the molecule is COc1ccc(OC)c(CC(=O)NCc2cc(N(C)C)nc(-c3cccnc3)n2)c1. The number of aromatic nitrogens is 3. The summed E-state index contributed by atoms with van der Waals surface area (Å²) in [4.78, 5) is 27.7. The van der Waals surface area contributed by atoms with Crippen molar-refractivity contribution in [3.63, 3.8) is 0 Å². The molecule has 0 spiro atoms. The van der Waals surface area contributed by atoms with E-state index in [1.54, 1.807) is 44.8 Å². The summed E-state index contributed by atoms with van der Waals surface area (Å²) in [5.41, 5.74) is 2.27. The van der Waals surface area contributed by atoms with Gasteiger partial charge in [0.15, 0.2) is 5.82 Å². The third-order valence-corrected chi connectivity index (χ3v) is 4.45. The molecule has 3 rings (SSSR count). The molecule has 2 aromatic heterocycles. The Balaban J connectivity index is 1.75. The average Bonchev–Trinajstić information content (AvgIpc) is 2.78. The van der Waals surface area contributed by atoms with Gasteiger partial charge in [0.1, 0.15) is 17.3 Å². The Morgan fingerprint density at radius 3 is 2.60 bits per heavy atom. The minimum absolute atomic E-state index is 0.144. The Kier molecular flexibility index (Phi) is 6.79. The van der Waals surface area contributed by atoms with Crippen LogP contribution in [0.25, 0.3) is 11.4 Å². The van der Waals surface area contributed by atoms with Crippen LogP contribution in [0.15, 0.2) is 48.8 Å². The molecule has 0 aliphatic carbocycles. The predicted octanol–water partition coefficient (Wildman–Crippen LogP) is 2.48. The zero-order valence-electron chi connectivity index (χ0n) is 17.5. The number of hydrogen-bond donors (Lipinski definition) is 1. The molecule has 1 aromatic carbocycles. The summed E-state index contributed by atoms with van der Waals surface area (Å²) in [5.74, 6) is 2.48. The highest BCUT2D eigenvalue weighted by molar-refractivity contribution is 5.79. The number of nitrogens with zero attached hydrogens (tertiary/aromatic N) is 4. The summed E-state index contributed by atoms with van der Waals surface area (Å²) in [5, 5.41) is 2.92. The van der Waals surface area contributed by atoms with Crippen LogP contribution in [0.1, 0.15) is 11.3 Å². The topological polar surface area (TPSA) is 89.5 Å². The average molecular weight is 407 g/mol. The van der Waals surface area contributed by atoms with Gasteiger partial charge in [-0.1, -0.05) is 0 Å². The highest BCUT2D eigenvalue weighted by Gasteiger charge is 2.12. The van der Waals surface area contributed by atoms with Crippen molar-refractivity contribution in [3.8, 4) is 22.9 Å². The Labute approximate surface area is 175 Å². The van der Waals surface area contributed by atoms with Crippen molar-refractivity contribution in [2.24, 2.45) is 0 Å². The molecule has 30 heavy (non-hydrogen) atoms. The molecular formula is C22H25N5O3. The smallest absolute Gasteiger partial charge is 0.224 e. The van der Waals surface area contributed by atoms with Crippen molar-refractivity contribution in [3.05, 3.63) is 60.0 Å². The van der Waals surface area contributed by atoms with Crippen LogP contribution < -0.4 is 19.7 Å². The van der Waals surface area contributed by atoms with Crippen LogP contribution in [0, 0.1) is 0 Å². The highest BCUT2D eigenvalue weighted by atomic mass is 16.5. The van der Waals surface area contributed by atoms with Gasteiger partial charge in [-0.25, -0.2) is 9.97 Å². The molecule has 156 valence electrons. The molecule has 0 bridgehead atoms. The van der Waals surface area contributed by atoms with E-state index in [-0.39, 0.29) is 18.9 Å². The van der Waals surface area contributed by atoms with Crippen LogP contribution >= 0.6 is 0 Å². The van der Waals surface area contributed by atoms with E-state index in [1.165, 1.54) is 0 Å². The van der Waals surface area contributed by atoms with Crippen molar-refractivity contribution in [2.75, 3.05) is 33.2 Å². The minimum atomic E-state index is -0.144. The molecular weight excluding hydrogens is 382 g/mol. The highest BCUT2D eigenvalue weighted by Crippen LogP contribution is 2.24. The predicted molar refractivity (Wildman–Crippen MR) is 115 cm³/mol. The zero-order chi connectivity index (χ0) is 21.5. The Hall–Kier alpha value is -3.68. The van der Waals surface area contributed by atoms with E-state index in [1.807, 2.05) is 37.2 Å². The number of carbonyl (C=O) groups is 1. The number of anilines is 1. The molecule has 0 radical (unpaired) electrons. The van der Waals surface area contributed by atoms with Gasteiger partial charge in [-0.3, -0.25) is 9.78 Å². The van der Waals surface area contributed by atoms with Crippen molar-refractivity contribution < 1.29 is 14.3 Å². The van der Waals surface area contributed by atoms with Crippen LogP contribution in [-0.4, -0.2) is 49.2 Å². The van der Waals surface area contributed by atoms with Crippen LogP contribution in [-0.2, 0) is 17.8 Å². The number of carbonyl (C=O) groups excluding carboxylic acids is 1. The van der Waals surface area contributed by atoms with Gasteiger partial charge in [0, 0.05) is 43.7 Å². The van der Waals surface area contributed by atoms with Crippen LogP contribution in [0.2, 0.25) is 0 Å². The molecule has 8 nitrogen and oxygen atoms in total. The molecule has 8 heteroatoms. The number of pyridine rings is 1. The zero-order valence-corrected chi connectivity index (χ0v) is 17.5. The number of nitrogens with one attached hydrogen (secondary N) is 1. The van der Waals surface area contributed by atoms with Crippen molar-refractivity contribution in [1.29, 1.82) is 0 Å². The lowest BCUT2D eigenvalue weighted by molar-refractivity contribution is -0.120. The van der Waals surface area contributed by atoms with Crippen molar-refractivity contribution >= 4 is 11.7 Å². The van der Waals surface area contributed by atoms with Crippen molar-refractivity contribution in [1.82, 2.24) is 20.3 Å². The first-order chi connectivity index (χ1) is 14.5. The molecule has 0 saturated carbocycles. The molecule has 0 fully saturated rings. The maximum absolute atomic E-state index is 12.6. The summed E-state index contributed by atoms with van der Waals surface area (Å²) in [7, 11) is 6.98. The fraction of sp³-hybridized carbons (Fsp3) is 0.273. The molecule has 0 aliphatic heterocycles. The fourth-order valence-corrected chi connectivity index (χ4v) is 2.87. The lowest BCUT2D eigenvalue weighted by Crippen LogP contribution is -2.25. The van der Waals surface area contributed by atoms with Crippen LogP contribution in [0.3, 0.4) is 0 Å². The second kappa shape index (κ2) is 9.69. The molecule has 0 unspecified atom stereocenters. The van der Waals surface area contributed by atoms with E-state index >= 15 is 0 Å². The molecule has 0 atom stereocenters. The number of ether oxygens (including phenoxy) is 2. The number of hydrogen-bond acceptors (Lipinski definition) is 7. The summed E-state index contributed by atoms with van der Waals surface area (Å²) in [6.07, 6.45) is 3.58. The molecule has 0 saturated heterocycles. The van der Waals surface area contributed by atoms with Crippen LogP contribution in [0.4, 0.5) is 5.82 Å². The quantitative estimate of drug-likeness (QED) is 0.614. The van der Waals surface area contributed by atoms with E-state index < -0.39 is 0 Å². The maximum Gasteiger partial charge on any atom is 0.224 e. The monoisotopic (exact) mass is 407 g/mol. The second-order valence-electron chi connectivity index (χ2n) is 6.81. The summed E-state index contributed by atoms with van der Waals surface area (Å²) in [6, 6.07) is 11.0. The lowest BCUT2D eigenvalue weighted by atomic mass is 10.1. The number of methoxy groups -OCH3 is 2. The van der Waals surface area contributed by atoms with E-state index in [2.05, 4.69) is 20.3 Å². The third kappa shape index (κ3) is 5.22. The molecule has 1 N–H and O–H groups in total. The second-order valence-corrected chi connectivity index (χ2v) is 6.81. The Bertz CT molecular complexity index is 1010. The van der Waals surface area contributed by atoms with E-state index in [4.69, 9.17) is 9.47 Å². The number of benzene rings is 1. The van der Waals surface area contributed by atoms with Gasteiger partial charge in [-0.15, -0.1) is 0 Å². The Morgan fingerprint density at radius 2 is 1.93 bits per heavy atom. The normalized spacial score (nSPS) is 10.4. The first kappa shape index (κ1) is 21.0. The number of amides is 1. The molecule has 3 aromatic rings. The van der Waals surface area contributed by atoms with Crippen molar-refractivity contribution in [2.45, 2.75) is 13.0 Å². The van der Waals surface area contributed by atoms with Crippen LogP contribution in [0.5, 0.6) is 11.5 Å². The van der Waals surface area contributed by atoms with E-state index in [0.29, 0.717) is 23.0 Å². The first-order valence-electron chi connectivity index (χ1n) is 9.43.